The van der Waals surface area contributed by atoms with Gasteiger partial charge in [-0.05, 0) is 66.8 Å². The summed E-state index contributed by atoms with van der Waals surface area (Å²) in [6.07, 6.45) is 0.383. The van der Waals surface area contributed by atoms with Crippen molar-refractivity contribution in [3.05, 3.63) is 89.0 Å². The SMILES string of the molecule is Cc1cccc(-c2ccc3c(c2)C(=O)N2C[C@@H](NC(=O)c4ccccc4)C[C@H]2C(=O)N3)c1C. The van der Waals surface area contributed by atoms with E-state index in [0.29, 0.717) is 29.8 Å². The van der Waals surface area contributed by atoms with Crippen LogP contribution in [0.25, 0.3) is 11.1 Å². The van der Waals surface area contributed by atoms with E-state index in [9.17, 15) is 14.4 Å². The third kappa shape index (κ3) is 3.78. The first-order valence-corrected chi connectivity index (χ1v) is 11.1. The molecule has 1 fully saturated rings. The van der Waals surface area contributed by atoms with Crippen LogP contribution < -0.4 is 10.6 Å². The fraction of sp³-hybridized carbons (Fsp3) is 0.222. The van der Waals surface area contributed by atoms with Gasteiger partial charge in [0.25, 0.3) is 11.8 Å². The quantitative estimate of drug-likeness (QED) is 0.649. The monoisotopic (exact) mass is 439 g/mol. The van der Waals surface area contributed by atoms with Crippen molar-refractivity contribution >= 4 is 23.4 Å². The van der Waals surface area contributed by atoms with Crippen molar-refractivity contribution in [3.63, 3.8) is 0 Å². The Bertz CT molecular complexity index is 1270. The standard InChI is InChI=1S/C27H25N3O3/c1-16-7-6-10-21(17(16)2)19-11-12-23-22(13-19)27(33)30-15-20(14-24(30)26(32)29-23)28-25(31)18-8-4-3-5-9-18/h3-13,20,24H,14-15H2,1-2H3,(H,28,31)(H,29,32)/t20-,24-/m0/s1. The summed E-state index contributed by atoms with van der Waals surface area (Å²) in [7, 11) is 0. The summed E-state index contributed by atoms with van der Waals surface area (Å²) in [5.41, 5.74) is 5.89. The van der Waals surface area contributed by atoms with E-state index in [0.717, 1.165) is 16.7 Å². The van der Waals surface area contributed by atoms with Gasteiger partial charge in [0.2, 0.25) is 5.91 Å². The van der Waals surface area contributed by atoms with E-state index in [4.69, 9.17) is 0 Å². The van der Waals surface area contributed by atoms with Crippen LogP contribution in [-0.2, 0) is 4.79 Å². The second kappa shape index (κ2) is 8.20. The number of carbonyl (C=O) groups excluding carboxylic acids is 3. The van der Waals surface area contributed by atoms with Gasteiger partial charge in [0.15, 0.2) is 0 Å². The van der Waals surface area contributed by atoms with Crippen molar-refractivity contribution in [1.29, 1.82) is 0 Å². The van der Waals surface area contributed by atoms with Crippen LogP contribution >= 0.6 is 0 Å². The number of carbonyl (C=O) groups is 3. The lowest BCUT2D eigenvalue weighted by Gasteiger charge is -2.20. The molecule has 3 aromatic carbocycles. The Morgan fingerprint density at radius 2 is 1.76 bits per heavy atom. The van der Waals surface area contributed by atoms with Crippen LogP contribution in [0.2, 0.25) is 0 Å². The smallest absolute Gasteiger partial charge is 0.256 e. The first kappa shape index (κ1) is 20.9. The van der Waals surface area contributed by atoms with Crippen LogP contribution in [0.15, 0.2) is 66.7 Å². The molecule has 0 aromatic heterocycles. The van der Waals surface area contributed by atoms with Crippen molar-refractivity contribution in [2.45, 2.75) is 32.4 Å². The Labute approximate surface area is 192 Å². The highest BCUT2D eigenvalue weighted by molar-refractivity contribution is 6.11. The van der Waals surface area contributed by atoms with E-state index in [-0.39, 0.29) is 23.8 Å². The molecule has 2 heterocycles. The van der Waals surface area contributed by atoms with Gasteiger partial charge in [0.05, 0.1) is 11.3 Å². The summed E-state index contributed by atoms with van der Waals surface area (Å²) in [4.78, 5) is 40.6. The maximum Gasteiger partial charge on any atom is 0.256 e. The summed E-state index contributed by atoms with van der Waals surface area (Å²) in [6.45, 7) is 4.42. The Morgan fingerprint density at radius 1 is 0.970 bits per heavy atom. The number of anilines is 1. The third-order valence-corrected chi connectivity index (χ3v) is 6.66. The van der Waals surface area contributed by atoms with Gasteiger partial charge in [-0.2, -0.15) is 0 Å². The second-order valence-electron chi connectivity index (χ2n) is 8.74. The molecular weight excluding hydrogens is 414 g/mol. The first-order chi connectivity index (χ1) is 15.9. The Morgan fingerprint density at radius 3 is 2.55 bits per heavy atom. The molecule has 1 saturated heterocycles. The minimum absolute atomic E-state index is 0.197. The number of amides is 3. The highest BCUT2D eigenvalue weighted by Crippen LogP contribution is 2.33. The van der Waals surface area contributed by atoms with E-state index >= 15 is 0 Å². The van der Waals surface area contributed by atoms with E-state index in [1.165, 1.54) is 5.56 Å². The molecule has 3 aromatic rings. The summed E-state index contributed by atoms with van der Waals surface area (Å²) in [5, 5.41) is 5.90. The highest BCUT2D eigenvalue weighted by Gasteiger charge is 2.43. The van der Waals surface area contributed by atoms with E-state index in [2.05, 4.69) is 30.5 Å². The topological polar surface area (TPSA) is 78.5 Å². The van der Waals surface area contributed by atoms with Crippen molar-refractivity contribution in [2.75, 3.05) is 11.9 Å². The molecule has 0 unspecified atom stereocenters. The molecule has 33 heavy (non-hydrogen) atoms. The largest absolute Gasteiger partial charge is 0.347 e. The van der Waals surface area contributed by atoms with Crippen molar-refractivity contribution < 1.29 is 14.4 Å². The van der Waals surface area contributed by atoms with Gasteiger partial charge in [-0.1, -0.05) is 42.5 Å². The zero-order chi connectivity index (χ0) is 23.1. The molecule has 0 radical (unpaired) electrons. The molecule has 0 spiro atoms. The molecule has 2 aliphatic rings. The number of hydrogen-bond donors (Lipinski definition) is 2. The average molecular weight is 440 g/mol. The van der Waals surface area contributed by atoms with Gasteiger partial charge >= 0.3 is 0 Å². The molecular formula is C27H25N3O3. The predicted octanol–water partition coefficient (Wildman–Crippen LogP) is 3.94. The Balaban J connectivity index is 1.42. The summed E-state index contributed by atoms with van der Waals surface area (Å²) >= 11 is 0. The maximum atomic E-state index is 13.5. The number of rotatable bonds is 3. The van der Waals surface area contributed by atoms with Crippen LogP contribution in [0.1, 0.15) is 38.3 Å². The number of fused-ring (bicyclic) bond motifs is 2. The zero-order valence-electron chi connectivity index (χ0n) is 18.6. The molecule has 166 valence electrons. The number of hydrogen-bond acceptors (Lipinski definition) is 3. The minimum atomic E-state index is -0.616. The Hall–Kier alpha value is -3.93. The zero-order valence-corrected chi connectivity index (χ0v) is 18.6. The molecule has 2 atom stereocenters. The molecule has 0 saturated carbocycles. The molecule has 6 nitrogen and oxygen atoms in total. The fourth-order valence-electron chi connectivity index (χ4n) is 4.70. The first-order valence-electron chi connectivity index (χ1n) is 11.1. The van der Waals surface area contributed by atoms with Gasteiger partial charge < -0.3 is 15.5 Å². The van der Waals surface area contributed by atoms with Crippen molar-refractivity contribution in [3.8, 4) is 11.1 Å². The second-order valence-corrected chi connectivity index (χ2v) is 8.74. The lowest BCUT2D eigenvalue weighted by atomic mass is 9.95. The van der Waals surface area contributed by atoms with Gasteiger partial charge in [-0.15, -0.1) is 0 Å². The van der Waals surface area contributed by atoms with Crippen molar-refractivity contribution in [1.82, 2.24) is 10.2 Å². The maximum absolute atomic E-state index is 13.5. The lowest BCUT2D eigenvalue weighted by Crippen LogP contribution is -2.41. The molecule has 0 bridgehead atoms. The van der Waals surface area contributed by atoms with Gasteiger partial charge in [-0.3, -0.25) is 14.4 Å². The van der Waals surface area contributed by atoms with Gasteiger partial charge in [-0.25, -0.2) is 0 Å². The van der Waals surface area contributed by atoms with Crippen LogP contribution in [0.3, 0.4) is 0 Å². The average Bonchev–Trinajstić information content (AvgIpc) is 3.21. The van der Waals surface area contributed by atoms with E-state index < -0.39 is 6.04 Å². The number of benzene rings is 3. The molecule has 6 heteroatoms. The highest BCUT2D eigenvalue weighted by atomic mass is 16.2. The number of nitrogens with zero attached hydrogens (tertiary/aromatic N) is 1. The summed E-state index contributed by atoms with van der Waals surface area (Å²) in [5.74, 6) is -0.626. The van der Waals surface area contributed by atoms with Crippen molar-refractivity contribution in [2.24, 2.45) is 0 Å². The van der Waals surface area contributed by atoms with E-state index in [1.54, 1.807) is 35.2 Å². The fourth-order valence-corrected chi connectivity index (χ4v) is 4.70. The predicted molar refractivity (Wildman–Crippen MR) is 127 cm³/mol. The molecule has 5 rings (SSSR count). The van der Waals surface area contributed by atoms with E-state index in [1.807, 2.05) is 30.3 Å². The van der Waals surface area contributed by atoms with Gasteiger partial charge in [0.1, 0.15) is 6.04 Å². The molecule has 2 N–H and O–H groups in total. The molecule has 0 aliphatic carbocycles. The third-order valence-electron chi connectivity index (χ3n) is 6.66. The number of nitrogens with one attached hydrogen (secondary N) is 2. The number of aryl methyl sites for hydroxylation is 1. The minimum Gasteiger partial charge on any atom is -0.347 e. The molecule has 2 aliphatic heterocycles. The summed E-state index contributed by atoms with van der Waals surface area (Å²) < 4.78 is 0. The van der Waals surface area contributed by atoms with Crippen LogP contribution in [0.4, 0.5) is 5.69 Å². The Kier molecular flexibility index (Phi) is 5.21. The normalized spacial score (nSPS) is 19.4. The lowest BCUT2D eigenvalue weighted by molar-refractivity contribution is -0.119. The van der Waals surface area contributed by atoms with Gasteiger partial charge in [0, 0.05) is 18.2 Å². The van der Waals surface area contributed by atoms with Crippen LogP contribution in [0, 0.1) is 13.8 Å². The van der Waals surface area contributed by atoms with Crippen LogP contribution in [-0.4, -0.2) is 41.2 Å². The van der Waals surface area contributed by atoms with Crippen LogP contribution in [0.5, 0.6) is 0 Å². The molecule has 3 amide bonds. The summed E-state index contributed by atoms with van der Waals surface area (Å²) in [6, 6.07) is 19.7.